The molecule has 2 unspecified atom stereocenters. The van der Waals surface area contributed by atoms with Gasteiger partial charge in [0.25, 0.3) is 0 Å². The third kappa shape index (κ3) is 8.24. The Labute approximate surface area is 183 Å². The Balaban J connectivity index is 1.72. The molecule has 0 aliphatic heterocycles. The summed E-state index contributed by atoms with van der Waals surface area (Å²) in [6, 6.07) is 14.7. The van der Waals surface area contributed by atoms with E-state index in [0.29, 0.717) is 11.5 Å². The fourth-order valence-electron chi connectivity index (χ4n) is 2.24. The quantitative estimate of drug-likeness (QED) is 0.163. The van der Waals surface area contributed by atoms with Crippen molar-refractivity contribution in [2.75, 3.05) is 23.9 Å². The topological polar surface area (TPSA) is 71.1 Å². The molecule has 0 saturated carbocycles. The molecule has 0 radical (unpaired) electrons. The lowest BCUT2D eigenvalue weighted by molar-refractivity contribution is 0.202. The Bertz CT molecular complexity index is 725. The van der Waals surface area contributed by atoms with Crippen LogP contribution in [0.4, 0.5) is 0 Å². The third-order valence-electron chi connectivity index (χ3n) is 3.50. The summed E-state index contributed by atoms with van der Waals surface area (Å²) in [6.07, 6.45) is 1.49. The number of halogens is 2. The average Bonchev–Trinajstić information content (AvgIpc) is 2.69. The largest absolute Gasteiger partial charge is 0.750 e. The zero-order chi connectivity index (χ0) is 20.2. The molecule has 10 heteroatoms. The van der Waals surface area contributed by atoms with Crippen molar-refractivity contribution < 1.29 is 27.2 Å². The molecule has 0 fully saturated rings. The number of para-hydroxylation sites is 2. The molecule has 0 amide bonds. The molecule has 0 aromatic heterocycles. The van der Waals surface area contributed by atoms with E-state index in [4.69, 9.17) is 18.1 Å². The van der Waals surface area contributed by atoms with Gasteiger partial charge in [-0.15, -0.1) is 9.05 Å². The highest BCUT2D eigenvalue weighted by Gasteiger charge is 2.27. The Kier molecular flexibility index (Phi) is 11.2. The Morgan fingerprint density at radius 1 is 0.679 bits per heavy atom. The van der Waals surface area contributed by atoms with E-state index in [1.807, 2.05) is 24.3 Å². The second-order valence-corrected chi connectivity index (χ2v) is 8.75. The van der Waals surface area contributed by atoms with Crippen molar-refractivity contribution in [1.29, 1.82) is 0 Å². The van der Waals surface area contributed by atoms with Gasteiger partial charge in [0, 0.05) is 30.9 Å². The van der Waals surface area contributed by atoms with Crippen LogP contribution in [-0.4, -0.2) is 23.9 Å². The zero-order valence-electron chi connectivity index (χ0n) is 15.0. The Morgan fingerprint density at radius 3 is 1.46 bits per heavy atom. The first-order valence-corrected chi connectivity index (χ1v) is 12.9. The first-order chi connectivity index (χ1) is 13.6. The minimum absolute atomic E-state index is 0.0384. The minimum Gasteiger partial charge on any atom is -0.229 e. The van der Waals surface area contributed by atoms with Crippen molar-refractivity contribution >= 4 is 48.4 Å². The molecule has 0 aliphatic rings. The van der Waals surface area contributed by atoms with E-state index in [1.165, 1.54) is 0 Å². The number of hydrogen-bond acceptors (Lipinski definition) is 6. The molecule has 2 aromatic carbocycles. The van der Waals surface area contributed by atoms with Crippen LogP contribution < -0.4 is 9.05 Å². The van der Waals surface area contributed by atoms with Crippen LogP contribution in [-0.2, 0) is 31.0 Å². The van der Waals surface area contributed by atoms with Crippen LogP contribution in [0.1, 0.15) is 11.1 Å². The van der Waals surface area contributed by atoms with Crippen LogP contribution in [0.2, 0.25) is 0 Å². The predicted octanol–water partition coefficient (Wildman–Crippen LogP) is 6.37. The summed E-state index contributed by atoms with van der Waals surface area (Å²) in [7, 11) is -4.72. The number of aryl methyl sites for hydroxylation is 2. The number of hydrogen-bond donors (Lipinski definition) is 0. The Hall–Kier alpha value is -0.880. The molecular formula is C18H20Br2O6P2+2. The van der Waals surface area contributed by atoms with E-state index in [0.717, 1.165) is 34.6 Å². The zero-order valence-corrected chi connectivity index (χ0v) is 19.9. The van der Waals surface area contributed by atoms with Crippen molar-refractivity contribution in [2.24, 2.45) is 0 Å². The van der Waals surface area contributed by atoms with E-state index in [2.05, 4.69) is 31.9 Å². The maximum Gasteiger partial charge on any atom is 0.750 e. The van der Waals surface area contributed by atoms with Gasteiger partial charge in [0.1, 0.15) is 13.2 Å². The molecule has 0 saturated heterocycles. The molecule has 0 heterocycles. The number of alkyl halides is 2. The monoisotopic (exact) mass is 552 g/mol. The van der Waals surface area contributed by atoms with Gasteiger partial charge in [0.05, 0.1) is 0 Å². The van der Waals surface area contributed by atoms with Crippen molar-refractivity contribution in [2.45, 2.75) is 12.8 Å². The van der Waals surface area contributed by atoms with E-state index in [-0.39, 0.29) is 13.2 Å². The first-order valence-electron chi connectivity index (χ1n) is 8.48. The molecule has 0 bridgehead atoms. The van der Waals surface area contributed by atoms with Crippen molar-refractivity contribution in [3.8, 4) is 11.5 Å². The maximum absolute atomic E-state index is 11.9. The van der Waals surface area contributed by atoms with Crippen LogP contribution in [0.25, 0.3) is 0 Å². The van der Waals surface area contributed by atoms with Gasteiger partial charge in [-0.1, -0.05) is 68.3 Å². The molecule has 28 heavy (non-hydrogen) atoms. The van der Waals surface area contributed by atoms with Crippen molar-refractivity contribution in [3.05, 3.63) is 59.7 Å². The average molecular weight is 554 g/mol. The fraction of sp³-hybridized carbons (Fsp3) is 0.333. The van der Waals surface area contributed by atoms with Crippen LogP contribution in [0.5, 0.6) is 11.5 Å². The summed E-state index contributed by atoms with van der Waals surface area (Å²) in [5.41, 5.74) is 1.86. The summed E-state index contributed by atoms with van der Waals surface area (Å²) in [5, 5.41) is 1.54. The molecule has 0 aliphatic carbocycles. The summed E-state index contributed by atoms with van der Waals surface area (Å²) in [6.45, 7) is -0.0768. The lowest BCUT2D eigenvalue weighted by Gasteiger charge is -2.01. The van der Waals surface area contributed by atoms with Crippen molar-refractivity contribution in [3.63, 3.8) is 0 Å². The third-order valence-corrected chi connectivity index (χ3v) is 5.77. The van der Waals surface area contributed by atoms with Gasteiger partial charge < -0.3 is 0 Å². The van der Waals surface area contributed by atoms with Crippen LogP contribution in [0, 0.1) is 0 Å². The lowest BCUT2D eigenvalue weighted by Crippen LogP contribution is -2.00. The van der Waals surface area contributed by atoms with Gasteiger partial charge in [-0.05, 0) is 25.0 Å². The second-order valence-electron chi connectivity index (χ2n) is 5.39. The molecule has 0 spiro atoms. The number of rotatable bonds is 13. The van der Waals surface area contributed by atoms with Crippen LogP contribution in [0.15, 0.2) is 48.5 Å². The molecule has 2 aromatic rings. The van der Waals surface area contributed by atoms with E-state index >= 15 is 0 Å². The highest BCUT2D eigenvalue weighted by molar-refractivity contribution is 9.09. The van der Waals surface area contributed by atoms with Crippen molar-refractivity contribution in [1.82, 2.24) is 0 Å². The lowest BCUT2D eigenvalue weighted by atomic mass is 10.1. The molecule has 0 N–H and O–H groups in total. The van der Waals surface area contributed by atoms with Gasteiger partial charge in [-0.2, -0.15) is 0 Å². The highest BCUT2D eigenvalue weighted by Crippen LogP contribution is 2.33. The SMILES string of the molecule is O=[P+](OCCO[P+](=O)Oc1ccccc1CCBr)Oc1ccccc1CCBr. The molecule has 2 atom stereocenters. The smallest absolute Gasteiger partial charge is 0.229 e. The maximum atomic E-state index is 11.9. The summed E-state index contributed by atoms with van der Waals surface area (Å²) < 4.78 is 44.8. The highest BCUT2D eigenvalue weighted by atomic mass is 79.9. The molecular weight excluding hydrogens is 534 g/mol. The first kappa shape index (κ1) is 23.4. The summed E-state index contributed by atoms with van der Waals surface area (Å²) in [4.78, 5) is 0. The molecule has 2 rings (SSSR count). The second kappa shape index (κ2) is 13.4. The number of benzene rings is 2. The van der Waals surface area contributed by atoms with Gasteiger partial charge >= 0.3 is 16.5 Å². The molecule has 150 valence electrons. The van der Waals surface area contributed by atoms with Gasteiger partial charge in [-0.3, -0.25) is 0 Å². The van der Waals surface area contributed by atoms with E-state index in [9.17, 15) is 9.13 Å². The summed E-state index contributed by atoms with van der Waals surface area (Å²) >= 11 is 6.74. The standard InChI is InChI=1S/C18H20Br2O6P2/c19-11-9-15-5-1-3-7-17(15)25-27(21)23-13-14-24-28(22)26-18-8-4-2-6-16(18)10-12-20/h1-8H,9-14H2/q+2. The van der Waals surface area contributed by atoms with E-state index < -0.39 is 16.5 Å². The van der Waals surface area contributed by atoms with Gasteiger partial charge in [-0.25, -0.2) is 9.05 Å². The van der Waals surface area contributed by atoms with E-state index in [1.54, 1.807) is 24.3 Å². The van der Waals surface area contributed by atoms with Gasteiger partial charge in [0.2, 0.25) is 0 Å². The van der Waals surface area contributed by atoms with Crippen LogP contribution in [0.3, 0.4) is 0 Å². The normalized spacial score (nSPS) is 11.8. The fourth-order valence-corrected chi connectivity index (χ4v) is 4.32. The summed E-state index contributed by atoms with van der Waals surface area (Å²) in [5.74, 6) is 1.03. The van der Waals surface area contributed by atoms with Gasteiger partial charge in [0.15, 0.2) is 11.5 Å². The van der Waals surface area contributed by atoms with Crippen LogP contribution >= 0.6 is 48.4 Å². The Morgan fingerprint density at radius 2 is 1.07 bits per heavy atom. The molecule has 6 nitrogen and oxygen atoms in total. The predicted molar refractivity (Wildman–Crippen MR) is 116 cm³/mol. The minimum atomic E-state index is -2.36.